The van der Waals surface area contributed by atoms with Crippen molar-refractivity contribution in [3.63, 3.8) is 0 Å². The van der Waals surface area contributed by atoms with Gasteiger partial charge in [-0.15, -0.1) is 0 Å². The van der Waals surface area contributed by atoms with Gasteiger partial charge in [0.2, 0.25) is 0 Å². The van der Waals surface area contributed by atoms with Crippen molar-refractivity contribution in [3.05, 3.63) is 17.0 Å². The van der Waals surface area contributed by atoms with Gasteiger partial charge in [0, 0.05) is 50.8 Å². The predicted molar refractivity (Wildman–Crippen MR) is 105 cm³/mol. The Hall–Kier alpha value is -1.48. The molecule has 0 spiro atoms. The summed E-state index contributed by atoms with van der Waals surface area (Å²) in [6, 6.07) is 0. The Morgan fingerprint density at radius 3 is 2.71 bits per heavy atom. The number of ether oxygens (including phenoxy) is 2. The first-order chi connectivity index (χ1) is 13.3. The molecule has 0 aromatic carbocycles. The molecule has 0 unspecified atom stereocenters. The van der Waals surface area contributed by atoms with E-state index in [1.165, 1.54) is 0 Å². The summed E-state index contributed by atoms with van der Waals surface area (Å²) in [7, 11) is 1.65. The third-order valence-electron chi connectivity index (χ3n) is 5.84. The normalized spacial score (nSPS) is 25.0. The summed E-state index contributed by atoms with van der Waals surface area (Å²) in [6.45, 7) is 12.1. The van der Waals surface area contributed by atoms with Crippen LogP contribution >= 0.6 is 0 Å². The lowest BCUT2D eigenvalue weighted by Crippen LogP contribution is -2.61. The van der Waals surface area contributed by atoms with E-state index in [-0.39, 0.29) is 30.3 Å². The second-order valence-corrected chi connectivity index (χ2v) is 8.47. The van der Waals surface area contributed by atoms with Crippen molar-refractivity contribution in [1.82, 2.24) is 19.6 Å². The Balaban J connectivity index is 1.90. The first kappa shape index (κ1) is 21.2. The fourth-order valence-electron chi connectivity index (χ4n) is 4.42. The summed E-state index contributed by atoms with van der Waals surface area (Å²) in [5.41, 5.74) is 2.39. The second kappa shape index (κ2) is 8.49. The Morgan fingerprint density at radius 2 is 2.07 bits per heavy atom. The molecular formula is C20H34N4O4. The van der Waals surface area contributed by atoms with Crippen LogP contribution in [0.25, 0.3) is 0 Å². The zero-order chi connectivity index (χ0) is 20.5. The molecule has 1 fully saturated rings. The average molecular weight is 395 g/mol. The quantitative estimate of drug-likeness (QED) is 0.778. The Labute approximate surface area is 167 Å². The third kappa shape index (κ3) is 4.10. The maximum Gasteiger partial charge on any atom is 0.272 e. The van der Waals surface area contributed by atoms with Gasteiger partial charge < -0.3 is 19.5 Å². The molecule has 158 valence electrons. The van der Waals surface area contributed by atoms with Crippen LogP contribution in [0.3, 0.4) is 0 Å². The topological polar surface area (TPSA) is 80.1 Å². The fraction of sp³-hybridized carbons (Fsp3) is 0.800. The van der Waals surface area contributed by atoms with E-state index in [0.717, 1.165) is 17.8 Å². The monoisotopic (exact) mass is 394 g/mol. The molecule has 3 heterocycles. The average Bonchev–Trinajstić information content (AvgIpc) is 2.99. The van der Waals surface area contributed by atoms with Gasteiger partial charge in [-0.05, 0) is 27.7 Å². The maximum atomic E-state index is 13.6. The zero-order valence-corrected chi connectivity index (χ0v) is 17.8. The highest BCUT2D eigenvalue weighted by Crippen LogP contribution is 2.33. The lowest BCUT2D eigenvalue weighted by atomic mass is 9.96. The van der Waals surface area contributed by atoms with Crippen molar-refractivity contribution >= 4 is 5.91 Å². The summed E-state index contributed by atoms with van der Waals surface area (Å²) >= 11 is 0. The first-order valence-electron chi connectivity index (χ1n) is 10.2. The number of hydrogen-bond acceptors (Lipinski definition) is 6. The molecule has 2 atom stereocenters. The smallest absolute Gasteiger partial charge is 0.272 e. The number of fused-ring (bicyclic) bond motifs is 1. The number of carbonyl (C=O) groups is 1. The molecule has 0 saturated carbocycles. The van der Waals surface area contributed by atoms with Gasteiger partial charge in [0.1, 0.15) is 5.69 Å². The van der Waals surface area contributed by atoms with Crippen molar-refractivity contribution < 1.29 is 19.4 Å². The van der Waals surface area contributed by atoms with E-state index in [4.69, 9.17) is 14.6 Å². The number of methoxy groups -OCH3 is 1. The molecule has 0 aliphatic carbocycles. The molecule has 8 heteroatoms. The van der Waals surface area contributed by atoms with Crippen LogP contribution in [0.1, 0.15) is 55.5 Å². The van der Waals surface area contributed by atoms with Gasteiger partial charge in [-0.2, -0.15) is 5.10 Å². The molecule has 2 aliphatic rings. The van der Waals surface area contributed by atoms with E-state index >= 15 is 0 Å². The molecule has 1 saturated heterocycles. The molecule has 1 aromatic heterocycles. The minimum Gasteiger partial charge on any atom is -0.395 e. The van der Waals surface area contributed by atoms with Gasteiger partial charge in [-0.3, -0.25) is 14.4 Å². The minimum atomic E-state index is -0.183. The second-order valence-electron chi connectivity index (χ2n) is 8.47. The van der Waals surface area contributed by atoms with Crippen molar-refractivity contribution in [1.29, 1.82) is 0 Å². The molecule has 0 bridgehead atoms. The first-order valence-corrected chi connectivity index (χ1v) is 10.2. The van der Waals surface area contributed by atoms with Crippen LogP contribution in [-0.2, 0) is 22.4 Å². The van der Waals surface area contributed by atoms with Crippen molar-refractivity contribution in [3.8, 4) is 0 Å². The van der Waals surface area contributed by atoms with E-state index in [1.807, 2.05) is 23.4 Å². The van der Waals surface area contributed by atoms with Gasteiger partial charge >= 0.3 is 0 Å². The number of hydrogen-bond donors (Lipinski definition) is 1. The van der Waals surface area contributed by atoms with Gasteiger partial charge in [-0.25, -0.2) is 0 Å². The summed E-state index contributed by atoms with van der Waals surface area (Å²) < 4.78 is 13.0. The number of nitrogens with zero attached hydrogens (tertiary/aromatic N) is 4. The van der Waals surface area contributed by atoms with Crippen LogP contribution in [0.4, 0.5) is 0 Å². The van der Waals surface area contributed by atoms with Gasteiger partial charge in [0.25, 0.3) is 5.91 Å². The molecule has 0 radical (unpaired) electrons. The molecule has 1 N–H and O–H groups in total. The molecule has 3 rings (SSSR count). The lowest BCUT2D eigenvalue weighted by Gasteiger charge is -2.47. The molecular weight excluding hydrogens is 360 g/mol. The molecule has 8 nitrogen and oxygen atoms in total. The highest BCUT2D eigenvalue weighted by atomic mass is 16.5. The lowest BCUT2D eigenvalue weighted by molar-refractivity contribution is -0.00742. The van der Waals surface area contributed by atoms with Crippen LogP contribution in [0.15, 0.2) is 0 Å². The Morgan fingerprint density at radius 1 is 1.32 bits per heavy atom. The predicted octanol–water partition coefficient (Wildman–Crippen LogP) is 1.08. The zero-order valence-electron chi connectivity index (χ0n) is 17.8. The molecule has 1 amide bonds. The van der Waals surface area contributed by atoms with Crippen LogP contribution in [0, 0.1) is 0 Å². The Bertz CT molecular complexity index is 703. The molecule has 2 aliphatic heterocycles. The van der Waals surface area contributed by atoms with Crippen LogP contribution in [-0.4, -0.2) is 88.7 Å². The van der Waals surface area contributed by atoms with E-state index in [9.17, 15) is 9.90 Å². The van der Waals surface area contributed by atoms with Crippen LogP contribution in [0.2, 0.25) is 0 Å². The minimum absolute atomic E-state index is 0.0304. The SMILES string of the molecule is COCCn1nc2c(c1C(=O)N1CCN(CCO)C(C)(C)C1)C[C@H](C)O[C@@H]2C. The van der Waals surface area contributed by atoms with Gasteiger partial charge in [0.05, 0.1) is 37.7 Å². The number of amides is 1. The Kier molecular flexibility index (Phi) is 6.44. The maximum absolute atomic E-state index is 13.6. The van der Waals surface area contributed by atoms with E-state index in [0.29, 0.717) is 44.9 Å². The van der Waals surface area contributed by atoms with Gasteiger partial charge in [0.15, 0.2) is 0 Å². The number of aliphatic hydroxyl groups is 1. The standard InChI is InChI=1S/C20H34N4O4/c1-14-12-16-17(15(2)28-14)21-24(9-11-27-5)18(16)19(26)22-6-7-23(8-10-25)20(3,4)13-22/h14-15,25H,6-13H2,1-5H3/t14-,15+/m0/s1. The number of aromatic nitrogens is 2. The number of rotatable bonds is 6. The number of carbonyl (C=O) groups excluding carboxylic acids is 1. The number of β-amino-alcohol motifs (C(OH)–C–C–N with tert-alkyl or cyclic N) is 1. The van der Waals surface area contributed by atoms with E-state index < -0.39 is 0 Å². The number of aliphatic hydroxyl groups excluding tert-OH is 1. The third-order valence-corrected chi connectivity index (χ3v) is 5.84. The van der Waals surface area contributed by atoms with Crippen molar-refractivity contribution in [2.24, 2.45) is 0 Å². The summed E-state index contributed by atoms with van der Waals surface area (Å²) in [4.78, 5) is 17.8. The molecule has 1 aromatic rings. The summed E-state index contributed by atoms with van der Waals surface area (Å²) in [6.07, 6.45) is 0.639. The van der Waals surface area contributed by atoms with Crippen LogP contribution in [0.5, 0.6) is 0 Å². The molecule has 28 heavy (non-hydrogen) atoms. The largest absolute Gasteiger partial charge is 0.395 e. The van der Waals surface area contributed by atoms with Crippen LogP contribution < -0.4 is 0 Å². The van der Waals surface area contributed by atoms with Crippen molar-refractivity contribution in [2.75, 3.05) is 46.5 Å². The van der Waals surface area contributed by atoms with E-state index in [1.54, 1.807) is 7.11 Å². The summed E-state index contributed by atoms with van der Waals surface area (Å²) in [5, 5.41) is 14.0. The number of piperazine rings is 1. The van der Waals surface area contributed by atoms with E-state index in [2.05, 4.69) is 18.7 Å². The van der Waals surface area contributed by atoms with Crippen molar-refractivity contribution in [2.45, 2.75) is 58.4 Å². The highest BCUT2D eigenvalue weighted by Gasteiger charge is 2.39. The summed E-state index contributed by atoms with van der Waals surface area (Å²) in [5.74, 6) is 0.0304. The van der Waals surface area contributed by atoms with Gasteiger partial charge in [-0.1, -0.05) is 0 Å². The fourth-order valence-corrected chi connectivity index (χ4v) is 4.42. The highest BCUT2D eigenvalue weighted by molar-refractivity contribution is 5.94.